The Hall–Kier alpha value is -1.33. The average molecular weight is 533 g/mol. The van der Waals surface area contributed by atoms with Crippen LogP contribution in [0.15, 0.2) is 48.5 Å². The number of piperidine rings is 1. The summed E-state index contributed by atoms with van der Waals surface area (Å²) in [5, 5.41) is 1.61. The van der Waals surface area contributed by atoms with E-state index in [1.54, 1.807) is 0 Å². The predicted octanol–water partition coefficient (Wildman–Crippen LogP) is 8.63. The van der Waals surface area contributed by atoms with Gasteiger partial charge in [0.15, 0.2) is 8.32 Å². The Labute approximate surface area is 222 Å². The molecule has 5 atom stereocenters. The fraction of sp³-hybridized carbons (Fsp3) is 0.552. The topological polar surface area (TPSA) is 29.5 Å². The number of carbonyl (C=O) groups excluding carboxylic acids is 1. The van der Waals surface area contributed by atoms with E-state index in [0.717, 1.165) is 36.3 Å². The van der Waals surface area contributed by atoms with E-state index < -0.39 is 8.32 Å². The number of hydrogen-bond donors (Lipinski definition) is 0. The second kappa shape index (κ2) is 10.2. The van der Waals surface area contributed by atoms with E-state index >= 15 is 0 Å². The van der Waals surface area contributed by atoms with Gasteiger partial charge in [0, 0.05) is 34.0 Å². The number of benzene rings is 2. The molecular weight excluding hydrogens is 493 g/mol. The highest BCUT2D eigenvalue weighted by Gasteiger charge is 2.47. The fourth-order valence-corrected chi connectivity index (χ4v) is 7.31. The largest absolute Gasteiger partial charge is 0.414 e. The van der Waals surface area contributed by atoms with Crippen LogP contribution in [0.25, 0.3) is 0 Å². The highest BCUT2D eigenvalue weighted by atomic mass is 35.5. The maximum absolute atomic E-state index is 13.8. The van der Waals surface area contributed by atoms with Crippen molar-refractivity contribution in [2.45, 2.75) is 95.6 Å². The molecular formula is C29H39Cl2NO2Si. The third-order valence-corrected chi connectivity index (χ3v) is 13.5. The molecule has 2 fully saturated rings. The molecule has 4 rings (SSSR count). The van der Waals surface area contributed by atoms with Crippen LogP contribution in [0.2, 0.25) is 28.2 Å². The van der Waals surface area contributed by atoms with Crippen molar-refractivity contribution in [3.8, 4) is 0 Å². The maximum Gasteiger partial charge on any atom is 0.226 e. The first kappa shape index (κ1) is 26.7. The first-order valence-electron chi connectivity index (χ1n) is 12.9. The molecule has 2 aromatic carbocycles. The normalized spacial score (nSPS) is 27.9. The molecule has 35 heavy (non-hydrogen) atoms. The molecule has 3 nitrogen and oxygen atoms in total. The molecule has 2 aliphatic rings. The molecule has 2 aromatic rings. The molecule has 0 radical (unpaired) electrons. The molecule has 1 saturated heterocycles. The van der Waals surface area contributed by atoms with E-state index in [1.165, 1.54) is 5.56 Å². The van der Waals surface area contributed by atoms with Crippen molar-refractivity contribution >= 4 is 37.4 Å². The van der Waals surface area contributed by atoms with Crippen molar-refractivity contribution in [3.05, 3.63) is 69.7 Å². The Morgan fingerprint density at radius 2 is 1.63 bits per heavy atom. The zero-order valence-electron chi connectivity index (χ0n) is 21.9. The molecule has 1 aliphatic heterocycles. The van der Waals surface area contributed by atoms with Gasteiger partial charge in [-0.25, -0.2) is 0 Å². The van der Waals surface area contributed by atoms with Crippen molar-refractivity contribution in [2.75, 3.05) is 0 Å². The van der Waals surface area contributed by atoms with Crippen LogP contribution in [0.4, 0.5) is 0 Å². The van der Waals surface area contributed by atoms with Crippen LogP contribution in [0.3, 0.4) is 0 Å². The first-order chi connectivity index (χ1) is 16.4. The molecule has 0 spiro atoms. The molecule has 0 aromatic heterocycles. The van der Waals surface area contributed by atoms with Crippen LogP contribution < -0.4 is 0 Å². The third-order valence-electron chi connectivity index (χ3n) is 8.47. The zero-order chi connectivity index (χ0) is 25.5. The van der Waals surface area contributed by atoms with Gasteiger partial charge in [-0.2, -0.15) is 0 Å². The maximum atomic E-state index is 13.8. The Kier molecular flexibility index (Phi) is 7.79. The second-order valence-corrected chi connectivity index (χ2v) is 17.6. The molecule has 190 valence electrons. The average Bonchev–Trinajstić information content (AvgIpc) is 3.22. The summed E-state index contributed by atoms with van der Waals surface area (Å²) >= 11 is 12.7. The van der Waals surface area contributed by atoms with E-state index in [2.05, 4.69) is 70.0 Å². The van der Waals surface area contributed by atoms with Gasteiger partial charge in [0.1, 0.15) is 0 Å². The molecule has 6 heteroatoms. The number of hydrogen-bond acceptors (Lipinski definition) is 2. The van der Waals surface area contributed by atoms with Crippen LogP contribution in [-0.4, -0.2) is 31.3 Å². The smallest absolute Gasteiger partial charge is 0.226 e. The Morgan fingerprint density at radius 1 is 0.943 bits per heavy atom. The summed E-state index contributed by atoms with van der Waals surface area (Å²) in [6, 6.07) is 16.3. The summed E-state index contributed by atoms with van der Waals surface area (Å²) in [4.78, 5) is 16.0. The lowest BCUT2D eigenvalue weighted by Crippen LogP contribution is -2.50. The van der Waals surface area contributed by atoms with Crippen LogP contribution in [-0.2, 0) is 9.22 Å². The molecule has 0 bridgehead atoms. The molecule has 1 aliphatic carbocycles. The lowest BCUT2D eigenvalue weighted by molar-refractivity contribution is -0.146. The summed E-state index contributed by atoms with van der Waals surface area (Å²) in [6.07, 6.45) is 3.90. The Morgan fingerprint density at radius 3 is 2.26 bits per heavy atom. The van der Waals surface area contributed by atoms with E-state index in [-0.39, 0.29) is 41.0 Å². The van der Waals surface area contributed by atoms with Crippen LogP contribution in [0, 0.1) is 5.92 Å². The van der Waals surface area contributed by atoms with Crippen molar-refractivity contribution in [1.82, 2.24) is 4.90 Å². The molecule has 3 unspecified atom stereocenters. The van der Waals surface area contributed by atoms with Gasteiger partial charge < -0.3 is 9.33 Å². The number of carbonyl (C=O) groups is 1. The fourth-order valence-electron chi connectivity index (χ4n) is 5.58. The highest BCUT2D eigenvalue weighted by Crippen LogP contribution is 2.49. The number of likely N-dealkylation sites (tertiary alicyclic amines) is 1. The summed E-state index contributed by atoms with van der Waals surface area (Å²) < 4.78 is 6.80. The molecule has 1 heterocycles. The van der Waals surface area contributed by atoms with Crippen LogP contribution in [0.5, 0.6) is 0 Å². The standard InChI is InChI=1S/C29H39Cl2NO2Si/c1-19-16-26(21-8-7-9-23(31)17-21)27(20-10-12-22(30)13-11-20)32(28(19)33)24-14-15-25(18-24)34-35(5,6)29(2,3)4/h7-13,17,19,24-27H,14-16,18H2,1-6H3/t19?,24?,25?,26-,27-/m1/s1. The van der Waals surface area contributed by atoms with Gasteiger partial charge in [-0.05, 0) is 79.2 Å². The minimum Gasteiger partial charge on any atom is -0.414 e. The second-order valence-electron chi connectivity index (χ2n) is 12.0. The van der Waals surface area contributed by atoms with Crippen molar-refractivity contribution < 1.29 is 9.22 Å². The minimum absolute atomic E-state index is 0.0390. The van der Waals surface area contributed by atoms with Crippen LogP contribution in [0.1, 0.15) is 76.5 Å². The number of halogens is 2. The zero-order valence-corrected chi connectivity index (χ0v) is 24.4. The predicted molar refractivity (Wildman–Crippen MR) is 149 cm³/mol. The Bertz CT molecular complexity index is 1050. The lowest BCUT2D eigenvalue weighted by Gasteiger charge is -2.47. The van der Waals surface area contributed by atoms with E-state index in [9.17, 15) is 4.79 Å². The quantitative estimate of drug-likeness (QED) is 0.361. The van der Waals surface area contributed by atoms with Gasteiger partial charge in [-0.15, -0.1) is 0 Å². The number of rotatable bonds is 5. The van der Waals surface area contributed by atoms with Gasteiger partial charge in [0.05, 0.1) is 6.04 Å². The van der Waals surface area contributed by atoms with Gasteiger partial charge >= 0.3 is 0 Å². The van der Waals surface area contributed by atoms with Crippen molar-refractivity contribution in [1.29, 1.82) is 0 Å². The molecule has 0 N–H and O–H groups in total. The third kappa shape index (κ3) is 5.66. The highest BCUT2D eigenvalue weighted by molar-refractivity contribution is 6.74. The first-order valence-corrected chi connectivity index (χ1v) is 16.5. The van der Waals surface area contributed by atoms with Gasteiger partial charge in [0.2, 0.25) is 5.91 Å². The van der Waals surface area contributed by atoms with Gasteiger partial charge in [-0.3, -0.25) is 4.79 Å². The number of amides is 1. The van der Waals surface area contributed by atoms with Gasteiger partial charge in [-0.1, -0.05) is 75.2 Å². The van der Waals surface area contributed by atoms with Crippen molar-refractivity contribution in [3.63, 3.8) is 0 Å². The Balaban J connectivity index is 1.69. The molecule has 1 saturated carbocycles. The van der Waals surface area contributed by atoms with Crippen molar-refractivity contribution in [2.24, 2.45) is 5.92 Å². The number of nitrogens with zero attached hydrogens (tertiary/aromatic N) is 1. The SMILES string of the molecule is CC1C[C@H](c2cccc(Cl)c2)[C@@H](c2ccc(Cl)cc2)N(C2CCC(O[Si](C)(C)C(C)(C)C)C2)C1=O. The van der Waals surface area contributed by atoms with E-state index in [4.69, 9.17) is 27.6 Å². The van der Waals surface area contributed by atoms with Crippen LogP contribution >= 0.6 is 23.2 Å². The lowest BCUT2D eigenvalue weighted by atomic mass is 9.75. The summed E-state index contributed by atoms with van der Waals surface area (Å²) in [5.74, 6) is 0.382. The minimum atomic E-state index is -1.87. The van der Waals surface area contributed by atoms with E-state index in [0.29, 0.717) is 5.02 Å². The van der Waals surface area contributed by atoms with Gasteiger partial charge in [0.25, 0.3) is 0 Å². The summed E-state index contributed by atoms with van der Waals surface area (Å²) in [7, 11) is -1.87. The summed E-state index contributed by atoms with van der Waals surface area (Å²) in [6.45, 7) is 13.6. The molecule has 1 amide bonds. The van der Waals surface area contributed by atoms with E-state index in [1.807, 2.05) is 24.3 Å². The summed E-state index contributed by atoms with van der Waals surface area (Å²) in [5.41, 5.74) is 2.32. The monoisotopic (exact) mass is 531 g/mol.